The smallest absolute Gasteiger partial charge is 0.338 e. The molecule has 0 bridgehead atoms. The maximum Gasteiger partial charge on any atom is 0.338 e. The number of benzene rings is 1. The molecule has 5 nitrogen and oxygen atoms in total. The van der Waals surface area contributed by atoms with Gasteiger partial charge < -0.3 is 19.3 Å². The number of methoxy groups -OCH3 is 1. The normalized spacial score (nSPS) is 30.3. The lowest BCUT2D eigenvalue weighted by molar-refractivity contribution is -0.153. The summed E-state index contributed by atoms with van der Waals surface area (Å²) in [5, 5.41) is 9.44. The summed E-state index contributed by atoms with van der Waals surface area (Å²) in [6, 6.07) is 8.36. The van der Waals surface area contributed by atoms with E-state index < -0.39 is 30.6 Å². The third kappa shape index (κ3) is 3.09. The minimum absolute atomic E-state index is 0.272. The van der Waals surface area contributed by atoms with Crippen LogP contribution in [-0.4, -0.2) is 49.5 Å². The lowest BCUT2D eigenvalue weighted by Gasteiger charge is -2.13. The maximum absolute atomic E-state index is 13.6. The van der Waals surface area contributed by atoms with Crippen molar-refractivity contribution in [2.45, 2.75) is 24.7 Å². The lowest BCUT2D eigenvalue weighted by atomic mass is 10.2. The fourth-order valence-electron chi connectivity index (χ4n) is 1.84. The third-order valence-corrected chi connectivity index (χ3v) is 2.89. The predicted octanol–water partition coefficient (Wildman–Crippen LogP) is 0.914. The van der Waals surface area contributed by atoms with Crippen molar-refractivity contribution in [3.63, 3.8) is 0 Å². The second kappa shape index (κ2) is 6.10. The Hall–Kier alpha value is -1.50. The minimum Gasteiger partial charge on any atom is -0.459 e. The van der Waals surface area contributed by atoms with E-state index in [1.807, 2.05) is 0 Å². The number of carbonyl (C=O) groups excluding carboxylic acids is 1. The first-order valence-electron chi connectivity index (χ1n) is 5.86. The van der Waals surface area contributed by atoms with Gasteiger partial charge in [-0.25, -0.2) is 9.18 Å². The van der Waals surface area contributed by atoms with Gasteiger partial charge in [0, 0.05) is 7.11 Å². The van der Waals surface area contributed by atoms with Crippen LogP contribution in [0.3, 0.4) is 0 Å². The van der Waals surface area contributed by atoms with E-state index in [9.17, 15) is 14.3 Å². The van der Waals surface area contributed by atoms with Crippen LogP contribution >= 0.6 is 0 Å². The number of aliphatic hydroxyl groups is 1. The zero-order valence-electron chi connectivity index (χ0n) is 10.4. The van der Waals surface area contributed by atoms with Crippen LogP contribution in [0.5, 0.6) is 0 Å². The topological polar surface area (TPSA) is 65.0 Å². The van der Waals surface area contributed by atoms with Crippen molar-refractivity contribution in [1.82, 2.24) is 0 Å². The number of aliphatic hydroxyl groups excluding tert-OH is 1. The van der Waals surface area contributed by atoms with Crippen LogP contribution in [0.2, 0.25) is 0 Å². The van der Waals surface area contributed by atoms with Crippen LogP contribution in [0.15, 0.2) is 30.3 Å². The zero-order chi connectivity index (χ0) is 13.8. The molecule has 1 N–H and O–H groups in total. The summed E-state index contributed by atoms with van der Waals surface area (Å²) in [5.41, 5.74) is 0.375. The molecule has 1 aromatic carbocycles. The van der Waals surface area contributed by atoms with Crippen molar-refractivity contribution in [3.05, 3.63) is 35.9 Å². The van der Waals surface area contributed by atoms with Crippen LogP contribution in [0.25, 0.3) is 0 Å². The van der Waals surface area contributed by atoms with E-state index in [1.54, 1.807) is 30.3 Å². The highest BCUT2D eigenvalue weighted by molar-refractivity contribution is 5.89. The van der Waals surface area contributed by atoms with Gasteiger partial charge in [0.2, 0.25) is 0 Å². The Labute approximate surface area is 109 Å². The second-order valence-corrected chi connectivity index (χ2v) is 4.18. The van der Waals surface area contributed by atoms with Gasteiger partial charge in [0.05, 0.1) is 5.56 Å². The first-order chi connectivity index (χ1) is 9.13. The van der Waals surface area contributed by atoms with E-state index in [0.717, 1.165) is 0 Å². The van der Waals surface area contributed by atoms with Crippen molar-refractivity contribution < 1.29 is 28.5 Å². The van der Waals surface area contributed by atoms with Gasteiger partial charge in [-0.15, -0.1) is 0 Å². The number of esters is 1. The molecule has 1 aliphatic heterocycles. The fourth-order valence-corrected chi connectivity index (χ4v) is 1.84. The summed E-state index contributed by atoms with van der Waals surface area (Å²) in [6.07, 6.45) is -5.07. The van der Waals surface area contributed by atoms with Gasteiger partial charge in [0.25, 0.3) is 0 Å². The molecule has 1 aromatic rings. The Bertz CT molecular complexity index is 424. The van der Waals surface area contributed by atoms with Crippen LogP contribution < -0.4 is 0 Å². The van der Waals surface area contributed by atoms with E-state index in [0.29, 0.717) is 5.56 Å². The summed E-state index contributed by atoms with van der Waals surface area (Å²) in [5.74, 6) is -0.563. The van der Waals surface area contributed by atoms with Crippen molar-refractivity contribution in [2.24, 2.45) is 0 Å². The van der Waals surface area contributed by atoms with Crippen LogP contribution in [0.1, 0.15) is 10.4 Å². The quantitative estimate of drug-likeness (QED) is 0.824. The Kier molecular flexibility index (Phi) is 4.47. The number of carbonyl (C=O) groups is 1. The molecule has 19 heavy (non-hydrogen) atoms. The maximum atomic E-state index is 13.6. The van der Waals surface area contributed by atoms with E-state index in [-0.39, 0.29) is 6.61 Å². The number of rotatable bonds is 4. The fraction of sp³-hybridized carbons (Fsp3) is 0.462. The number of ether oxygens (including phenoxy) is 3. The molecule has 1 heterocycles. The average molecular weight is 270 g/mol. The van der Waals surface area contributed by atoms with Gasteiger partial charge in [-0.05, 0) is 12.1 Å². The first kappa shape index (κ1) is 13.9. The molecule has 104 valence electrons. The molecule has 0 aromatic heterocycles. The van der Waals surface area contributed by atoms with Crippen LogP contribution in [0, 0.1) is 0 Å². The number of halogens is 1. The largest absolute Gasteiger partial charge is 0.459 e. The SMILES string of the molecule is COC1OC(COC(=O)c2ccccc2)C(F)C1O. The molecule has 1 fully saturated rings. The number of alkyl halides is 1. The molecule has 0 radical (unpaired) electrons. The van der Waals surface area contributed by atoms with Crippen molar-refractivity contribution >= 4 is 5.97 Å². The Morgan fingerprint density at radius 3 is 2.68 bits per heavy atom. The first-order valence-corrected chi connectivity index (χ1v) is 5.86. The van der Waals surface area contributed by atoms with Gasteiger partial charge in [0.15, 0.2) is 12.5 Å². The van der Waals surface area contributed by atoms with Crippen LogP contribution in [-0.2, 0) is 14.2 Å². The van der Waals surface area contributed by atoms with Gasteiger partial charge in [-0.3, -0.25) is 0 Å². The molecule has 0 spiro atoms. The highest BCUT2D eigenvalue weighted by Crippen LogP contribution is 2.24. The summed E-state index contributed by atoms with van der Waals surface area (Å²) in [7, 11) is 1.30. The standard InChI is InChI=1S/C13H15FO5/c1-17-13-11(15)10(14)9(19-13)7-18-12(16)8-5-3-2-4-6-8/h2-6,9-11,13,15H,7H2,1H3. The molecule has 4 atom stereocenters. The molecule has 6 heteroatoms. The van der Waals surface area contributed by atoms with Gasteiger partial charge in [0.1, 0.15) is 18.8 Å². The monoisotopic (exact) mass is 270 g/mol. The van der Waals surface area contributed by atoms with Crippen LogP contribution in [0.4, 0.5) is 4.39 Å². The highest BCUT2D eigenvalue weighted by Gasteiger charge is 2.45. The second-order valence-electron chi connectivity index (χ2n) is 4.18. The van der Waals surface area contributed by atoms with E-state index in [2.05, 4.69) is 0 Å². The highest BCUT2D eigenvalue weighted by atomic mass is 19.1. The Morgan fingerprint density at radius 2 is 2.11 bits per heavy atom. The zero-order valence-corrected chi connectivity index (χ0v) is 10.4. The summed E-state index contributed by atoms with van der Waals surface area (Å²) >= 11 is 0. The molecule has 0 saturated carbocycles. The molecule has 1 aliphatic rings. The van der Waals surface area contributed by atoms with Crippen molar-refractivity contribution in [2.75, 3.05) is 13.7 Å². The molecular formula is C13H15FO5. The summed E-state index contributed by atoms with van der Waals surface area (Å²) in [4.78, 5) is 11.6. The Morgan fingerprint density at radius 1 is 1.42 bits per heavy atom. The molecule has 1 saturated heterocycles. The minimum atomic E-state index is -1.64. The van der Waals surface area contributed by atoms with Crippen molar-refractivity contribution in [1.29, 1.82) is 0 Å². The Balaban J connectivity index is 1.88. The molecule has 0 amide bonds. The van der Waals surface area contributed by atoms with Crippen molar-refractivity contribution in [3.8, 4) is 0 Å². The predicted molar refractivity (Wildman–Crippen MR) is 63.3 cm³/mol. The van der Waals surface area contributed by atoms with E-state index in [4.69, 9.17) is 14.2 Å². The number of hydrogen-bond acceptors (Lipinski definition) is 5. The molecular weight excluding hydrogens is 255 g/mol. The average Bonchev–Trinajstić information content (AvgIpc) is 2.73. The number of hydrogen-bond donors (Lipinski definition) is 1. The van der Waals surface area contributed by atoms with E-state index >= 15 is 0 Å². The molecule has 0 aliphatic carbocycles. The lowest BCUT2D eigenvalue weighted by Crippen LogP contribution is -2.31. The van der Waals surface area contributed by atoms with Gasteiger partial charge in [-0.2, -0.15) is 0 Å². The summed E-state index contributed by atoms with van der Waals surface area (Å²) in [6.45, 7) is -0.272. The van der Waals surface area contributed by atoms with Gasteiger partial charge in [-0.1, -0.05) is 18.2 Å². The third-order valence-electron chi connectivity index (χ3n) is 2.89. The van der Waals surface area contributed by atoms with E-state index in [1.165, 1.54) is 7.11 Å². The molecule has 4 unspecified atom stereocenters. The summed E-state index contributed by atoms with van der Waals surface area (Å²) < 4.78 is 28.4. The molecule has 2 rings (SSSR count). The van der Waals surface area contributed by atoms with Gasteiger partial charge >= 0.3 is 5.97 Å².